The molecular formula is C27H39NO3Si. The number of hydrogen-bond donors (Lipinski definition) is 0. The molecule has 3 rings (SSSR count). The summed E-state index contributed by atoms with van der Waals surface area (Å²) >= 11 is 0. The average molecular weight is 454 g/mol. The number of benzene rings is 2. The van der Waals surface area contributed by atoms with Crippen LogP contribution >= 0.6 is 0 Å². The lowest BCUT2D eigenvalue weighted by Crippen LogP contribution is -2.66. The van der Waals surface area contributed by atoms with E-state index >= 15 is 0 Å². The number of β-lactam (4-membered cyclic amide) rings is 1. The van der Waals surface area contributed by atoms with Gasteiger partial charge in [0.1, 0.15) is 0 Å². The van der Waals surface area contributed by atoms with Crippen molar-refractivity contribution in [3.05, 3.63) is 71.8 Å². The van der Waals surface area contributed by atoms with Crippen molar-refractivity contribution in [1.29, 1.82) is 0 Å². The minimum absolute atomic E-state index is 0.00331. The molecule has 1 amide bonds. The molecule has 1 saturated heterocycles. The number of rotatable bonds is 10. The Morgan fingerprint density at radius 3 is 2.09 bits per heavy atom. The molecule has 174 valence electrons. The minimum atomic E-state index is -1.94. The van der Waals surface area contributed by atoms with Crippen LogP contribution in [-0.4, -0.2) is 37.9 Å². The van der Waals surface area contributed by atoms with E-state index < -0.39 is 8.32 Å². The van der Waals surface area contributed by atoms with Gasteiger partial charge in [0.15, 0.2) is 8.32 Å². The molecule has 5 heteroatoms. The Balaban J connectivity index is 1.66. The summed E-state index contributed by atoms with van der Waals surface area (Å²) in [6, 6.07) is 20.5. The van der Waals surface area contributed by atoms with Crippen LogP contribution in [0.3, 0.4) is 0 Å². The van der Waals surface area contributed by atoms with E-state index in [9.17, 15) is 4.79 Å². The van der Waals surface area contributed by atoms with E-state index in [4.69, 9.17) is 9.16 Å². The summed E-state index contributed by atoms with van der Waals surface area (Å²) in [5.41, 5.74) is 2.31. The van der Waals surface area contributed by atoms with Gasteiger partial charge >= 0.3 is 0 Å². The Morgan fingerprint density at radius 1 is 0.969 bits per heavy atom. The van der Waals surface area contributed by atoms with E-state index in [2.05, 4.69) is 65.1 Å². The number of ether oxygens (including phenoxy) is 1. The lowest BCUT2D eigenvalue weighted by molar-refractivity contribution is -0.166. The Morgan fingerprint density at radius 2 is 1.53 bits per heavy atom. The lowest BCUT2D eigenvalue weighted by atomic mass is 9.81. The van der Waals surface area contributed by atoms with E-state index in [0.717, 1.165) is 17.5 Å². The maximum absolute atomic E-state index is 13.1. The molecule has 1 aliphatic heterocycles. The summed E-state index contributed by atoms with van der Waals surface area (Å²) in [5.74, 6) is 0.169. The van der Waals surface area contributed by atoms with Crippen molar-refractivity contribution in [2.24, 2.45) is 5.92 Å². The van der Waals surface area contributed by atoms with Gasteiger partial charge in [0.05, 0.1) is 24.7 Å². The van der Waals surface area contributed by atoms with Crippen LogP contribution in [0.5, 0.6) is 0 Å². The van der Waals surface area contributed by atoms with E-state index in [1.807, 2.05) is 41.3 Å². The molecule has 4 nitrogen and oxygen atoms in total. The first-order chi connectivity index (χ1) is 15.1. The van der Waals surface area contributed by atoms with Crippen LogP contribution < -0.4 is 0 Å². The third kappa shape index (κ3) is 5.88. The van der Waals surface area contributed by atoms with E-state index in [1.54, 1.807) is 0 Å². The van der Waals surface area contributed by atoms with Gasteiger partial charge in [-0.05, 0) is 42.6 Å². The summed E-state index contributed by atoms with van der Waals surface area (Å²) in [6.07, 6.45) is 0.726. The van der Waals surface area contributed by atoms with Crippen LogP contribution in [0.25, 0.3) is 0 Å². The third-order valence-corrected chi connectivity index (χ3v) is 11.6. The van der Waals surface area contributed by atoms with Gasteiger partial charge in [0, 0.05) is 13.2 Å². The summed E-state index contributed by atoms with van der Waals surface area (Å²) in [7, 11) is -1.94. The van der Waals surface area contributed by atoms with Gasteiger partial charge in [-0.3, -0.25) is 4.79 Å². The Hall–Kier alpha value is -1.95. The fourth-order valence-electron chi connectivity index (χ4n) is 4.17. The molecule has 0 spiro atoms. The molecule has 0 unspecified atom stereocenters. The Bertz CT molecular complexity index is 863. The van der Waals surface area contributed by atoms with E-state index in [-0.39, 0.29) is 29.0 Å². The number of carbonyl (C=O) groups excluding carboxylic acids is 1. The highest BCUT2D eigenvalue weighted by molar-refractivity contribution is 6.74. The second kappa shape index (κ2) is 10.3. The second-order valence-corrected chi connectivity index (χ2v) is 15.2. The predicted octanol–water partition coefficient (Wildman–Crippen LogP) is 6.03. The first-order valence-electron chi connectivity index (χ1n) is 11.7. The van der Waals surface area contributed by atoms with Crippen LogP contribution in [0.2, 0.25) is 18.1 Å². The zero-order valence-corrected chi connectivity index (χ0v) is 21.5. The van der Waals surface area contributed by atoms with Gasteiger partial charge in [0.2, 0.25) is 5.91 Å². The highest BCUT2D eigenvalue weighted by Crippen LogP contribution is 2.41. The van der Waals surface area contributed by atoms with Crippen LogP contribution in [-0.2, 0) is 27.1 Å². The summed E-state index contributed by atoms with van der Waals surface area (Å²) in [6.45, 7) is 15.3. The largest absolute Gasteiger partial charge is 0.412 e. The van der Waals surface area contributed by atoms with Crippen molar-refractivity contribution >= 4 is 14.2 Å². The smallest absolute Gasteiger partial charge is 0.228 e. The van der Waals surface area contributed by atoms with Gasteiger partial charge in [-0.1, -0.05) is 81.4 Å². The molecule has 2 aromatic rings. The van der Waals surface area contributed by atoms with Gasteiger partial charge in [0.25, 0.3) is 0 Å². The molecule has 1 fully saturated rings. The molecule has 1 aliphatic rings. The normalized spacial score (nSPS) is 20.2. The summed E-state index contributed by atoms with van der Waals surface area (Å²) in [5, 5.41) is 0.133. The van der Waals surface area contributed by atoms with Crippen LogP contribution in [0.15, 0.2) is 60.7 Å². The van der Waals surface area contributed by atoms with Crippen molar-refractivity contribution in [2.45, 2.75) is 77.5 Å². The molecule has 3 atom stereocenters. The Labute approximate surface area is 195 Å². The van der Waals surface area contributed by atoms with Crippen LogP contribution in [0, 0.1) is 5.92 Å². The Kier molecular flexibility index (Phi) is 7.96. The molecule has 0 aromatic heterocycles. The van der Waals surface area contributed by atoms with Crippen LogP contribution in [0.1, 0.15) is 45.2 Å². The minimum Gasteiger partial charge on any atom is -0.412 e. The van der Waals surface area contributed by atoms with Crippen molar-refractivity contribution in [2.75, 3.05) is 6.61 Å². The van der Waals surface area contributed by atoms with Crippen molar-refractivity contribution in [1.82, 2.24) is 4.90 Å². The summed E-state index contributed by atoms with van der Waals surface area (Å²) < 4.78 is 12.6. The van der Waals surface area contributed by atoms with Gasteiger partial charge in [-0.15, -0.1) is 0 Å². The first-order valence-corrected chi connectivity index (χ1v) is 14.6. The molecule has 1 heterocycles. The van der Waals surface area contributed by atoms with Gasteiger partial charge in [-0.25, -0.2) is 0 Å². The standard InChI is InChI=1S/C27H39NO3Si/c1-21(31-32(5,6)27(2,3)4)25-24(17-18-30-20-23-15-11-8-12-16-23)26(29)28(25)19-22-13-9-7-10-14-22/h7-16,21,24-25H,17-20H2,1-6H3/t21-,24+,25+/m1/s1. The number of hydrogen-bond acceptors (Lipinski definition) is 3. The predicted molar refractivity (Wildman–Crippen MR) is 133 cm³/mol. The molecule has 0 radical (unpaired) electrons. The molecule has 0 saturated carbocycles. The van der Waals surface area contributed by atoms with E-state index in [0.29, 0.717) is 19.8 Å². The zero-order chi connectivity index (χ0) is 23.4. The number of nitrogens with zero attached hydrogens (tertiary/aromatic N) is 1. The number of amides is 1. The van der Waals surface area contributed by atoms with Gasteiger partial charge in [-0.2, -0.15) is 0 Å². The third-order valence-electron chi connectivity index (χ3n) is 7.02. The number of likely N-dealkylation sites (tertiary alicyclic amines) is 1. The topological polar surface area (TPSA) is 38.8 Å². The summed E-state index contributed by atoms with van der Waals surface area (Å²) in [4.78, 5) is 15.1. The molecule has 2 aromatic carbocycles. The van der Waals surface area contributed by atoms with Gasteiger partial charge < -0.3 is 14.1 Å². The average Bonchev–Trinajstić information content (AvgIpc) is 2.74. The van der Waals surface area contributed by atoms with Crippen molar-refractivity contribution in [3.8, 4) is 0 Å². The quantitative estimate of drug-likeness (QED) is 0.250. The maximum atomic E-state index is 13.1. The second-order valence-electron chi connectivity index (χ2n) is 10.5. The molecular weight excluding hydrogens is 414 g/mol. The lowest BCUT2D eigenvalue weighted by Gasteiger charge is -2.52. The highest BCUT2D eigenvalue weighted by atomic mass is 28.4. The zero-order valence-electron chi connectivity index (χ0n) is 20.5. The molecule has 32 heavy (non-hydrogen) atoms. The first kappa shape index (κ1) is 24.7. The van der Waals surface area contributed by atoms with Crippen molar-refractivity contribution in [3.63, 3.8) is 0 Å². The monoisotopic (exact) mass is 453 g/mol. The molecule has 0 bridgehead atoms. The molecule has 0 N–H and O–H groups in total. The SMILES string of the molecule is C[C@@H](O[Si](C)(C)C(C)(C)C)[C@H]1[C@H](CCOCc2ccccc2)C(=O)N1Cc1ccccc1. The van der Waals surface area contributed by atoms with E-state index in [1.165, 1.54) is 0 Å². The number of carbonyl (C=O) groups is 1. The maximum Gasteiger partial charge on any atom is 0.228 e. The fraction of sp³-hybridized carbons (Fsp3) is 0.519. The molecule has 0 aliphatic carbocycles. The fourth-order valence-corrected chi connectivity index (χ4v) is 5.59. The van der Waals surface area contributed by atoms with Crippen molar-refractivity contribution < 1.29 is 14.0 Å². The van der Waals surface area contributed by atoms with Crippen LogP contribution in [0.4, 0.5) is 0 Å². The highest BCUT2D eigenvalue weighted by Gasteiger charge is 2.51.